The Balaban J connectivity index is 1.95. The van der Waals surface area contributed by atoms with Crippen LogP contribution in [0.3, 0.4) is 0 Å². The molecule has 106 valence electrons. The van der Waals surface area contributed by atoms with Crippen molar-refractivity contribution in [2.45, 2.75) is 25.2 Å². The van der Waals surface area contributed by atoms with Crippen LogP contribution in [0.5, 0.6) is 0 Å². The van der Waals surface area contributed by atoms with E-state index in [-0.39, 0.29) is 11.7 Å². The van der Waals surface area contributed by atoms with E-state index in [1.165, 1.54) is 6.07 Å². The molecule has 0 bridgehead atoms. The molecule has 1 aliphatic heterocycles. The van der Waals surface area contributed by atoms with Crippen molar-refractivity contribution >= 4 is 11.8 Å². The fraction of sp³-hybridized carbons (Fsp3) is 0.600. The van der Waals surface area contributed by atoms with E-state index in [0.29, 0.717) is 10.8 Å². The van der Waals surface area contributed by atoms with Crippen LogP contribution in [0.15, 0.2) is 24.3 Å². The maximum Gasteiger partial charge on any atom is 0.129 e. The number of aliphatic hydroxyl groups excluding tert-OH is 1. The van der Waals surface area contributed by atoms with E-state index in [9.17, 15) is 9.50 Å². The molecule has 2 rings (SSSR count). The predicted octanol–water partition coefficient (Wildman–Crippen LogP) is 2.93. The average molecular weight is 283 g/mol. The van der Waals surface area contributed by atoms with Gasteiger partial charge >= 0.3 is 0 Å². The van der Waals surface area contributed by atoms with Gasteiger partial charge in [0.15, 0.2) is 0 Å². The molecule has 1 saturated heterocycles. The molecular weight excluding hydrogens is 261 g/mol. The number of aliphatic hydroxyl groups is 1. The van der Waals surface area contributed by atoms with Crippen molar-refractivity contribution in [1.82, 2.24) is 4.90 Å². The number of hydrogen-bond acceptors (Lipinski definition) is 3. The van der Waals surface area contributed by atoms with Gasteiger partial charge in [-0.15, -0.1) is 0 Å². The first-order valence-electron chi connectivity index (χ1n) is 6.84. The third-order valence-electron chi connectivity index (χ3n) is 3.63. The second-order valence-corrected chi connectivity index (χ2v) is 6.93. The summed E-state index contributed by atoms with van der Waals surface area (Å²) in [4.78, 5) is 2.37. The van der Waals surface area contributed by atoms with Crippen LogP contribution in [0, 0.1) is 11.7 Å². The molecule has 1 heterocycles. The van der Waals surface area contributed by atoms with Crippen LogP contribution < -0.4 is 0 Å². The zero-order valence-electron chi connectivity index (χ0n) is 11.6. The molecule has 0 saturated carbocycles. The van der Waals surface area contributed by atoms with Crippen LogP contribution >= 0.6 is 11.8 Å². The maximum absolute atomic E-state index is 13.7. The molecular formula is C15H22FNOS. The molecule has 3 unspecified atom stereocenters. The van der Waals surface area contributed by atoms with Crippen LogP contribution in [0.2, 0.25) is 0 Å². The Morgan fingerprint density at radius 1 is 1.47 bits per heavy atom. The number of hydrogen-bond donors (Lipinski definition) is 1. The normalized spacial score (nSPS) is 24.1. The molecule has 1 aliphatic rings. The van der Waals surface area contributed by atoms with Crippen LogP contribution in [-0.4, -0.2) is 40.6 Å². The summed E-state index contributed by atoms with van der Waals surface area (Å²) in [5.74, 6) is 0.862. The summed E-state index contributed by atoms with van der Waals surface area (Å²) >= 11 is 1.99. The summed E-state index contributed by atoms with van der Waals surface area (Å²) in [6.07, 6.45) is -0.730. The van der Waals surface area contributed by atoms with E-state index in [0.717, 1.165) is 25.4 Å². The molecule has 1 aromatic carbocycles. The SMILES string of the molecule is CC1CN(CC(C)C(O)c2ccccc2F)CCS1. The highest BCUT2D eigenvalue weighted by Crippen LogP contribution is 2.26. The first-order valence-corrected chi connectivity index (χ1v) is 7.89. The zero-order chi connectivity index (χ0) is 13.8. The average Bonchev–Trinajstić information content (AvgIpc) is 2.38. The molecule has 0 amide bonds. The quantitative estimate of drug-likeness (QED) is 0.919. The van der Waals surface area contributed by atoms with Crippen LogP contribution in [0.25, 0.3) is 0 Å². The Labute approximate surface area is 119 Å². The second-order valence-electron chi connectivity index (χ2n) is 5.38. The molecule has 1 fully saturated rings. The Bertz CT molecular complexity index is 415. The Kier molecular flexibility index (Phi) is 5.25. The third kappa shape index (κ3) is 3.94. The van der Waals surface area contributed by atoms with E-state index in [2.05, 4.69) is 11.8 Å². The number of thioether (sulfide) groups is 1. The largest absolute Gasteiger partial charge is 0.388 e. The maximum atomic E-state index is 13.7. The molecule has 0 spiro atoms. The van der Waals surface area contributed by atoms with Gasteiger partial charge in [-0.3, -0.25) is 0 Å². The fourth-order valence-corrected chi connectivity index (χ4v) is 3.67. The van der Waals surface area contributed by atoms with Gasteiger partial charge in [0.25, 0.3) is 0 Å². The second kappa shape index (κ2) is 6.73. The minimum absolute atomic E-state index is 0.0344. The highest BCUT2D eigenvalue weighted by molar-refractivity contribution is 7.99. The zero-order valence-corrected chi connectivity index (χ0v) is 12.4. The Hall–Kier alpha value is -0.580. The summed E-state index contributed by atoms with van der Waals surface area (Å²) in [5.41, 5.74) is 0.412. The summed E-state index contributed by atoms with van der Waals surface area (Å²) < 4.78 is 13.7. The lowest BCUT2D eigenvalue weighted by Gasteiger charge is -2.33. The predicted molar refractivity (Wildman–Crippen MR) is 78.9 cm³/mol. The van der Waals surface area contributed by atoms with Crippen molar-refractivity contribution in [3.63, 3.8) is 0 Å². The van der Waals surface area contributed by atoms with Crippen molar-refractivity contribution in [3.05, 3.63) is 35.6 Å². The first kappa shape index (κ1) is 14.8. The molecule has 4 heteroatoms. The van der Waals surface area contributed by atoms with E-state index in [4.69, 9.17) is 0 Å². The van der Waals surface area contributed by atoms with Gasteiger partial charge in [-0.1, -0.05) is 32.0 Å². The lowest BCUT2D eigenvalue weighted by atomic mass is 9.96. The van der Waals surface area contributed by atoms with Gasteiger partial charge in [0.2, 0.25) is 0 Å². The highest BCUT2D eigenvalue weighted by atomic mass is 32.2. The molecule has 0 aliphatic carbocycles. The topological polar surface area (TPSA) is 23.5 Å². The molecule has 0 aromatic heterocycles. The lowest BCUT2D eigenvalue weighted by Crippen LogP contribution is -2.40. The molecule has 19 heavy (non-hydrogen) atoms. The monoisotopic (exact) mass is 283 g/mol. The minimum Gasteiger partial charge on any atom is -0.388 e. The van der Waals surface area contributed by atoms with E-state index in [1.54, 1.807) is 18.2 Å². The number of rotatable bonds is 4. The Morgan fingerprint density at radius 2 is 2.21 bits per heavy atom. The van der Waals surface area contributed by atoms with Gasteiger partial charge < -0.3 is 10.0 Å². The van der Waals surface area contributed by atoms with E-state index < -0.39 is 6.10 Å². The fourth-order valence-electron chi connectivity index (χ4n) is 2.59. The van der Waals surface area contributed by atoms with Crippen LogP contribution in [-0.2, 0) is 0 Å². The van der Waals surface area contributed by atoms with E-state index >= 15 is 0 Å². The van der Waals surface area contributed by atoms with E-state index in [1.807, 2.05) is 18.7 Å². The highest BCUT2D eigenvalue weighted by Gasteiger charge is 2.24. The number of benzene rings is 1. The van der Waals surface area contributed by atoms with Crippen molar-refractivity contribution in [1.29, 1.82) is 0 Å². The van der Waals surface area contributed by atoms with Gasteiger partial charge in [-0.25, -0.2) is 4.39 Å². The Morgan fingerprint density at radius 3 is 2.89 bits per heavy atom. The minimum atomic E-state index is -0.730. The van der Waals surface area contributed by atoms with Crippen molar-refractivity contribution in [2.24, 2.45) is 5.92 Å². The number of halogens is 1. The standard InChI is InChI=1S/C15H22FNOS/c1-11(9-17-7-8-19-12(2)10-17)15(18)13-5-3-4-6-14(13)16/h3-6,11-12,15,18H,7-10H2,1-2H3. The number of nitrogens with zero attached hydrogens (tertiary/aromatic N) is 1. The third-order valence-corrected chi connectivity index (χ3v) is 4.77. The summed E-state index contributed by atoms with van der Waals surface area (Å²) in [6.45, 7) is 7.15. The lowest BCUT2D eigenvalue weighted by molar-refractivity contribution is 0.0863. The first-order chi connectivity index (χ1) is 9.08. The molecule has 1 N–H and O–H groups in total. The van der Waals surface area contributed by atoms with Crippen LogP contribution in [0.1, 0.15) is 25.5 Å². The van der Waals surface area contributed by atoms with Gasteiger partial charge in [0.05, 0.1) is 6.10 Å². The van der Waals surface area contributed by atoms with Gasteiger partial charge in [0.1, 0.15) is 5.82 Å². The van der Waals surface area contributed by atoms with Crippen molar-refractivity contribution in [3.8, 4) is 0 Å². The summed E-state index contributed by atoms with van der Waals surface area (Å²) in [6, 6.07) is 6.50. The molecule has 2 nitrogen and oxygen atoms in total. The molecule has 1 aromatic rings. The summed E-state index contributed by atoms with van der Waals surface area (Å²) in [7, 11) is 0. The molecule has 0 radical (unpaired) electrons. The van der Waals surface area contributed by atoms with Crippen molar-refractivity contribution < 1.29 is 9.50 Å². The van der Waals surface area contributed by atoms with Crippen molar-refractivity contribution in [2.75, 3.05) is 25.4 Å². The van der Waals surface area contributed by atoms with Gasteiger partial charge in [-0.2, -0.15) is 11.8 Å². The van der Waals surface area contributed by atoms with Gasteiger partial charge in [-0.05, 0) is 12.0 Å². The van der Waals surface area contributed by atoms with Gasteiger partial charge in [0, 0.05) is 36.2 Å². The summed E-state index contributed by atoms with van der Waals surface area (Å²) in [5, 5.41) is 10.9. The smallest absolute Gasteiger partial charge is 0.129 e. The van der Waals surface area contributed by atoms with Crippen LogP contribution in [0.4, 0.5) is 4.39 Å². The molecule has 3 atom stereocenters.